The van der Waals surface area contributed by atoms with Gasteiger partial charge in [-0.2, -0.15) is 0 Å². The summed E-state index contributed by atoms with van der Waals surface area (Å²) in [6.07, 6.45) is 3.43. The average Bonchev–Trinajstić information content (AvgIpc) is 2.56. The van der Waals surface area contributed by atoms with Crippen LogP contribution >= 0.6 is 0 Å². The zero-order valence-corrected chi connectivity index (χ0v) is 7.96. The molecule has 1 aromatic heterocycles. The summed E-state index contributed by atoms with van der Waals surface area (Å²) in [5.74, 6) is 0.427. The highest BCUT2D eigenvalue weighted by Crippen LogP contribution is 2.47. The molecule has 0 bridgehead atoms. The molecule has 2 rings (SSSR count). The summed E-state index contributed by atoms with van der Waals surface area (Å²) >= 11 is 0. The van der Waals surface area contributed by atoms with Crippen LogP contribution < -0.4 is 5.76 Å². The maximum atomic E-state index is 10.8. The first-order chi connectivity index (χ1) is 6.09. The van der Waals surface area contributed by atoms with Crippen molar-refractivity contribution in [3.63, 3.8) is 0 Å². The number of nitrogens with one attached hydrogen (secondary N) is 1. The van der Waals surface area contributed by atoms with Crippen LogP contribution in [0.15, 0.2) is 9.21 Å². The second-order valence-corrected chi connectivity index (χ2v) is 4.38. The van der Waals surface area contributed by atoms with Gasteiger partial charge in [0.2, 0.25) is 5.89 Å². The molecule has 72 valence electrons. The molecule has 0 aromatic carbocycles. The van der Waals surface area contributed by atoms with E-state index in [9.17, 15) is 4.79 Å². The largest absolute Gasteiger partial charge is 0.434 e. The average molecular weight is 182 g/mol. The molecule has 1 fully saturated rings. The highest BCUT2D eigenvalue weighted by atomic mass is 16.4. The molecular weight excluding hydrogens is 168 g/mol. The van der Waals surface area contributed by atoms with Crippen LogP contribution in [0.1, 0.15) is 44.9 Å². The molecule has 1 heterocycles. The van der Waals surface area contributed by atoms with Gasteiger partial charge in [0.15, 0.2) is 0 Å². The summed E-state index contributed by atoms with van der Waals surface area (Å²) in [4.78, 5) is 10.8. The normalized spacial score (nSPS) is 26.5. The number of nitrogens with zero attached hydrogens (tertiary/aromatic N) is 1. The van der Waals surface area contributed by atoms with E-state index in [4.69, 9.17) is 4.42 Å². The standard InChI is InChI=1S/C9H14N2O2/c1-9(2)5-3-4-6(9)7-10-11-8(12)13-7/h6H,3-5H2,1-2H3,(H,11,12). The van der Waals surface area contributed by atoms with E-state index in [0.717, 1.165) is 6.42 Å². The number of hydrogen-bond donors (Lipinski definition) is 1. The Bertz CT molecular complexity index is 350. The summed E-state index contributed by atoms with van der Waals surface area (Å²) in [7, 11) is 0. The highest BCUT2D eigenvalue weighted by molar-refractivity contribution is 5.01. The third kappa shape index (κ3) is 1.41. The summed E-state index contributed by atoms with van der Waals surface area (Å²) in [6, 6.07) is 0. The van der Waals surface area contributed by atoms with Crippen molar-refractivity contribution in [2.75, 3.05) is 0 Å². The molecule has 4 nitrogen and oxygen atoms in total. The lowest BCUT2D eigenvalue weighted by Gasteiger charge is -2.23. The van der Waals surface area contributed by atoms with Crippen LogP contribution in [0.2, 0.25) is 0 Å². The van der Waals surface area contributed by atoms with Crippen molar-refractivity contribution < 1.29 is 4.42 Å². The second-order valence-electron chi connectivity index (χ2n) is 4.38. The third-order valence-corrected chi connectivity index (χ3v) is 3.01. The topological polar surface area (TPSA) is 58.9 Å². The van der Waals surface area contributed by atoms with Crippen LogP contribution in [-0.2, 0) is 0 Å². The van der Waals surface area contributed by atoms with E-state index in [-0.39, 0.29) is 5.41 Å². The van der Waals surface area contributed by atoms with E-state index in [1.54, 1.807) is 0 Å². The SMILES string of the molecule is CC1(C)CCCC1c1n[nH]c(=O)o1. The Hall–Kier alpha value is -1.06. The highest BCUT2D eigenvalue weighted by Gasteiger charge is 2.38. The Labute approximate surface area is 76.3 Å². The van der Waals surface area contributed by atoms with Crippen LogP contribution in [-0.4, -0.2) is 10.2 Å². The quantitative estimate of drug-likeness (QED) is 0.718. The molecule has 0 saturated heterocycles. The van der Waals surface area contributed by atoms with Crippen molar-refractivity contribution in [1.29, 1.82) is 0 Å². The first-order valence-corrected chi connectivity index (χ1v) is 4.65. The molecule has 1 saturated carbocycles. The predicted octanol–water partition coefficient (Wildman–Crippen LogP) is 1.66. The van der Waals surface area contributed by atoms with Gasteiger partial charge < -0.3 is 4.42 Å². The lowest BCUT2D eigenvalue weighted by Crippen LogP contribution is -2.15. The lowest BCUT2D eigenvalue weighted by molar-refractivity contribution is 0.281. The third-order valence-electron chi connectivity index (χ3n) is 3.01. The van der Waals surface area contributed by atoms with E-state index in [2.05, 4.69) is 24.0 Å². The minimum atomic E-state index is -0.447. The van der Waals surface area contributed by atoms with Crippen molar-refractivity contribution >= 4 is 0 Å². The molecule has 1 atom stereocenters. The molecule has 1 aromatic rings. The Balaban J connectivity index is 2.31. The van der Waals surface area contributed by atoms with Crippen molar-refractivity contribution in [3.05, 3.63) is 16.4 Å². The van der Waals surface area contributed by atoms with Crippen LogP contribution in [0.3, 0.4) is 0 Å². The van der Waals surface area contributed by atoms with E-state index in [1.807, 2.05) is 0 Å². The minimum Gasteiger partial charge on any atom is -0.392 e. The monoisotopic (exact) mass is 182 g/mol. The van der Waals surface area contributed by atoms with Gasteiger partial charge in [-0.05, 0) is 18.3 Å². The van der Waals surface area contributed by atoms with Crippen molar-refractivity contribution in [2.45, 2.75) is 39.0 Å². The van der Waals surface area contributed by atoms with Gasteiger partial charge in [0.1, 0.15) is 0 Å². The fourth-order valence-electron chi connectivity index (χ4n) is 2.17. The summed E-state index contributed by atoms with van der Waals surface area (Å²) in [6.45, 7) is 4.39. The van der Waals surface area contributed by atoms with Gasteiger partial charge in [-0.25, -0.2) is 9.89 Å². The molecule has 0 radical (unpaired) electrons. The zero-order chi connectivity index (χ0) is 9.47. The number of H-pyrrole nitrogens is 1. The molecule has 1 N–H and O–H groups in total. The van der Waals surface area contributed by atoms with E-state index < -0.39 is 5.76 Å². The molecule has 1 aliphatic carbocycles. The molecule has 4 heteroatoms. The molecule has 1 aliphatic rings. The first-order valence-electron chi connectivity index (χ1n) is 4.65. The molecular formula is C9H14N2O2. The van der Waals surface area contributed by atoms with Gasteiger partial charge >= 0.3 is 5.76 Å². The maximum Gasteiger partial charge on any atom is 0.434 e. The lowest BCUT2D eigenvalue weighted by atomic mass is 9.82. The second kappa shape index (κ2) is 2.72. The number of aromatic amines is 1. The van der Waals surface area contributed by atoms with Crippen LogP contribution in [0.4, 0.5) is 0 Å². The van der Waals surface area contributed by atoms with Gasteiger partial charge in [-0.15, -0.1) is 5.10 Å². The Morgan fingerprint density at radius 3 is 2.85 bits per heavy atom. The zero-order valence-electron chi connectivity index (χ0n) is 7.96. The van der Waals surface area contributed by atoms with Crippen LogP contribution in [0.25, 0.3) is 0 Å². The van der Waals surface area contributed by atoms with Gasteiger partial charge in [0.25, 0.3) is 0 Å². The van der Waals surface area contributed by atoms with Crippen molar-refractivity contribution in [3.8, 4) is 0 Å². The first kappa shape index (κ1) is 8.53. The smallest absolute Gasteiger partial charge is 0.392 e. The Kier molecular flexibility index (Phi) is 1.78. The van der Waals surface area contributed by atoms with E-state index >= 15 is 0 Å². The van der Waals surface area contributed by atoms with Gasteiger partial charge in [0, 0.05) is 5.92 Å². The van der Waals surface area contributed by atoms with Crippen molar-refractivity contribution in [1.82, 2.24) is 10.2 Å². The molecule has 0 spiro atoms. The molecule has 1 unspecified atom stereocenters. The van der Waals surface area contributed by atoms with E-state index in [1.165, 1.54) is 12.8 Å². The fraction of sp³-hybridized carbons (Fsp3) is 0.778. The summed E-state index contributed by atoms with van der Waals surface area (Å²) in [5, 5.41) is 6.20. The van der Waals surface area contributed by atoms with Crippen LogP contribution in [0, 0.1) is 5.41 Å². The van der Waals surface area contributed by atoms with E-state index in [0.29, 0.717) is 11.8 Å². The Morgan fingerprint density at radius 2 is 2.38 bits per heavy atom. The number of rotatable bonds is 1. The summed E-state index contributed by atoms with van der Waals surface area (Å²) < 4.78 is 4.98. The summed E-state index contributed by atoms with van der Waals surface area (Å²) in [5.41, 5.74) is 0.213. The Morgan fingerprint density at radius 1 is 1.62 bits per heavy atom. The van der Waals surface area contributed by atoms with Crippen LogP contribution in [0.5, 0.6) is 0 Å². The van der Waals surface area contributed by atoms with Crippen molar-refractivity contribution in [2.24, 2.45) is 5.41 Å². The minimum absolute atomic E-state index is 0.213. The number of hydrogen-bond acceptors (Lipinski definition) is 3. The van der Waals surface area contributed by atoms with Gasteiger partial charge in [-0.1, -0.05) is 20.3 Å². The molecule has 0 aliphatic heterocycles. The van der Waals surface area contributed by atoms with Gasteiger partial charge in [0.05, 0.1) is 0 Å². The molecule has 0 amide bonds. The van der Waals surface area contributed by atoms with Gasteiger partial charge in [-0.3, -0.25) is 0 Å². The molecule has 13 heavy (non-hydrogen) atoms. The number of aromatic nitrogens is 2. The maximum absolute atomic E-state index is 10.8. The predicted molar refractivity (Wildman–Crippen MR) is 47.5 cm³/mol. The fourth-order valence-corrected chi connectivity index (χ4v) is 2.17.